The summed E-state index contributed by atoms with van der Waals surface area (Å²) in [6.45, 7) is 6.08. The zero-order valence-electron chi connectivity index (χ0n) is 13.5. The van der Waals surface area contributed by atoms with E-state index in [0.29, 0.717) is 12.0 Å². The number of hydrogen-bond acceptors (Lipinski definition) is 4. The number of sulfonamides is 1. The Kier molecular flexibility index (Phi) is 5.07. The van der Waals surface area contributed by atoms with Gasteiger partial charge in [0.05, 0.1) is 5.56 Å². The SMILES string of the molecule is Cc1cccc(S(=O)(=O)N2CCNC(=O)[C@H]2CC(C)C)c1C#N. The van der Waals surface area contributed by atoms with Crippen molar-refractivity contribution in [2.75, 3.05) is 13.1 Å². The minimum Gasteiger partial charge on any atom is -0.353 e. The molecule has 124 valence electrons. The lowest BCUT2D eigenvalue weighted by Gasteiger charge is -2.35. The summed E-state index contributed by atoms with van der Waals surface area (Å²) in [6.07, 6.45) is 0.443. The molecule has 0 radical (unpaired) electrons. The summed E-state index contributed by atoms with van der Waals surface area (Å²) in [5.74, 6) is -0.103. The zero-order chi connectivity index (χ0) is 17.2. The molecule has 1 aromatic carbocycles. The first kappa shape index (κ1) is 17.4. The molecule has 1 N–H and O–H groups in total. The van der Waals surface area contributed by atoms with Crippen LogP contribution in [0.15, 0.2) is 23.1 Å². The first-order valence-corrected chi connectivity index (χ1v) is 9.02. The van der Waals surface area contributed by atoms with Gasteiger partial charge in [-0.3, -0.25) is 4.79 Å². The third kappa shape index (κ3) is 3.38. The van der Waals surface area contributed by atoms with Crippen LogP contribution >= 0.6 is 0 Å². The van der Waals surface area contributed by atoms with Gasteiger partial charge in [0.1, 0.15) is 17.0 Å². The fraction of sp³-hybridized carbons (Fsp3) is 0.500. The van der Waals surface area contributed by atoms with Gasteiger partial charge in [0.25, 0.3) is 0 Å². The van der Waals surface area contributed by atoms with Crippen molar-refractivity contribution in [3.05, 3.63) is 29.3 Å². The van der Waals surface area contributed by atoms with Gasteiger partial charge in [-0.15, -0.1) is 0 Å². The molecule has 6 nitrogen and oxygen atoms in total. The molecule has 1 fully saturated rings. The Labute approximate surface area is 137 Å². The summed E-state index contributed by atoms with van der Waals surface area (Å²) in [4.78, 5) is 12.1. The highest BCUT2D eigenvalue weighted by molar-refractivity contribution is 7.89. The molecule has 1 aliphatic heterocycles. The van der Waals surface area contributed by atoms with Crippen molar-refractivity contribution in [3.8, 4) is 6.07 Å². The summed E-state index contributed by atoms with van der Waals surface area (Å²) in [7, 11) is -3.90. The lowest BCUT2D eigenvalue weighted by atomic mass is 10.0. The van der Waals surface area contributed by atoms with Gasteiger partial charge < -0.3 is 5.32 Å². The number of hydrogen-bond donors (Lipinski definition) is 1. The maximum atomic E-state index is 13.1. The number of carbonyl (C=O) groups excluding carboxylic acids is 1. The van der Waals surface area contributed by atoms with Gasteiger partial charge in [-0.05, 0) is 30.9 Å². The Balaban J connectivity index is 2.51. The van der Waals surface area contributed by atoms with Gasteiger partial charge in [-0.25, -0.2) is 8.42 Å². The fourth-order valence-corrected chi connectivity index (χ4v) is 4.59. The second-order valence-electron chi connectivity index (χ2n) is 6.11. The Hall–Kier alpha value is -1.91. The van der Waals surface area contributed by atoms with Crippen LogP contribution in [0.5, 0.6) is 0 Å². The van der Waals surface area contributed by atoms with E-state index in [4.69, 9.17) is 0 Å². The monoisotopic (exact) mass is 335 g/mol. The number of aryl methyl sites for hydroxylation is 1. The number of nitrogens with one attached hydrogen (secondary N) is 1. The van der Waals surface area contributed by atoms with Crippen LogP contribution in [-0.4, -0.2) is 37.8 Å². The average molecular weight is 335 g/mol. The van der Waals surface area contributed by atoms with Gasteiger partial charge in [-0.2, -0.15) is 9.57 Å². The van der Waals surface area contributed by atoms with E-state index in [1.54, 1.807) is 19.1 Å². The molecule has 1 atom stereocenters. The molecule has 0 unspecified atom stereocenters. The fourth-order valence-electron chi connectivity index (χ4n) is 2.78. The van der Waals surface area contributed by atoms with Crippen molar-refractivity contribution in [1.29, 1.82) is 5.26 Å². The standard InChI is InChI=1S/C16H21N3O3S/c1-11(2)9-14-16(20)18-7-8-19(14)23(21,22)15-6-4-5-12(3)13(15)10-17/h4-6,11,14H,7-9H2,1-3H3,(H,18,20)/t14-/m1/s1. The molecule has 7 heteroatoms. The molecular weight excluding hydrogens is 314 g/mol. The first-order chi connectivity index (χ1) is 10.8. The van der Waals surface area contributed by atoms with Crippen LogP contribution in [0, 0.1) is 24.2 Å². The minimum atomic E-state index is -3.90. The third-order valence-electron chi connectivity index (χ3n) is 3.91. The molecule has 1 heterocycles. The minimum absolute atomic E-state index is 0.0246. The van der Waals surface area contributed by atoms with E-state index in [-0.39, 0.29) is 35.4 Å². The number of nitriles is 1. The summed E-state index contributed by atoms with van der Waals surface area (Å²) < 4.78 is 27.3. The van der Waals surface area contributed by atoms with Crippen LogP contribution in [0.2, 0.25) is 0 Å². The van der Waals surface area contributed by atoms with Crippen LogP contribution < -0.4 is 5.32 Å². The molecular formula is C16H21N3O3S. The van der Waals surface area contributed by atoms with Crippen molar-refractivity contribution in [2.24, 2.45) is 5.92 Å². The smallest absolute Gasteiger partial charge is 0.245 e. The zero-order valence-corrected chi connectivity index (χ0v) is 14.4. The van der Waals surface area contributed by atoms with E-state index in [9.17, 15) is 18.5 Å². The number of amides is 1. The predicted molar refractivity (Wildman–Crippen MR) is 86.0 cm³/mol. The molecule has 0 saturated carbocycles. The van der Waals surface area contributed by atoms with E-state index in [1.165, 1.54) is 10.4 Å². The van der Waals surface area contributed by atoms with E-state index in [2.05, 4.69) is 5.32 Å². The van der Waals surface area contributed by atoms with Gasteiger partial charge >= 0.3 is 0 Å². The topological polar surface area (TPSA) is 90.3 Å². The summed E-state index contributed by atoms with van der Waals surface area (Å²) >= 11 is 0. The van der Waals surface area contributed by atoms with Crippen molar-refractivity contribution in [3.63, 3.8) is 0 Å². The van der Waals surface area contributed by atoms with Crippen LogP contribution in [0.1, 0.15) is 31.4 Å². The molecule has 1 aromatic rings. The average Bonchev–Trinajstić information content (AvgIpc) is 2.48. The Morgan fingerprint density at radius 2 is 2.13 bits per heavy atom. The summed E-state index contributed by atoms with van der Waals surface area (Å²) in [5, 5.41) is 12.0. The quantitative estimate of drug-likeness (QED) is 0.900. The molecule has 1 saturated heterocycles. The highest BCUT2D eigenvalue weighted by atomic mass is 32.2. The molecule has 0 aromatic heterocycles. The van der Waals surface area contributed by atoms with Gasteiger partial charge in [-0.1, -0.05) is 26.0 Å². The van der Waals surface area contributed by atoms with Crippen LogP contribution in [0.4, 0.5) is 0 Å². The highest BCUT2D eigenvalue weighted by Crippen LogP contribution is 2.27. The first-order valence-electron chi connectivity index (χ1n) is 7.58. The normalized spacial score (nSPS) is 19.4. The maximum Gasteiger partial charge on any atom is 0.245 e. The number of nitrogens with zero attached hydrogens (tertiary/aromatic N) is 2. The second-order valence-corrected chi connectivity index (χ2v) is 7.97. The lowest BCUT2D eigenvalue weighted by Crippen LogP contribution is -2.57. The number of carbonyl (C=O) groups is 1. The van der Waals surface area contributed by atoms with Crippen molar-refractivity contribution in [2.45, 2.75) is 38.1 Å². The molecule has 0 aliphatic carbocycles. The number of benzene rings is 1. The van der Waals surface area contributed by atoms with Crippen LogP contribution in [0.3, 0.4) is 0 Å². The molecule has 0 bridgehead atoms. The van der Waals surface area contributed by atoms with E-state index in [1.807, 2.05) is 19.9 Å². The third-order valence-corrected chi connectivity index (χ3v) is 5.86. The van der Waals surface area contributed by atoms with Crippen LogP contribution in [-0.2, 0) is 14.8 Å². The molecule has 1 amide bonds. The molecule has 1 aliphatic rings. The van der Waals surface area contributed by atoms with Crippen molar-refractivity contribution in [1.82, 2.24) is 9.62 Å². The molecule has 23 heavy (non-hydrogen) atoms. The Morgan fingerprint density at radius 3 is 2.74 bits per heavy atom. The molecule has 2 rings (SSSR count). The number of rotatable bonds is 4. The van der Waals surface area contributed by atoms with E-state index >= 15 is 0 Å². The van der Waals surface area contributed by atoms with Crippen molar-refractivity contribution >= 4 is 15.9 Å². The number of piperazine rings is 1. The van der Waals surface area contributed by atoms with E-state index < -0.39 is 16.1 Å². The van der Waals surface area contributed by atoms with Crippen molar-refractivity contribution < 1.29 is 13.2 Å². The Morgan fingerprint density at radius 1 is 1.43 bits per heavy atom. The second kappa shape index (κ2) is 6.69. The van der Waals surface area contributed by atoms with E-state index in [0.717, 1.165) is 0 Å². The van der Waals surface area contributed by atoms with Crippen LogP contribution in [0.25, 0.3) is 0 Å². The van der Waals surface area contributed by atoms with Gasteiger partial charge in [0.2, 0.25) is 15.9 Å². The largest absolute Gasteiger partial charge is 0.353 e. The lowest BCUT2D eigenvalue weighted by molar-refractivity contribution is -0.127. The van der Waals surface area contributed by atoms with Gasteiger partial charge in [0, 0.05) is 13.1 Å². The predicted octanol–water partition coefficient (Wildman–Crippen LogP) is 1.40. The molecule has 0 spiro atoms. The Bertz CT molecular complexity index is 750. The summed E-state index contributed by atoms with van der Waals surface area (Å²) in [6, 6.07) is 5.98. The highest BCUT2D eigenvalue weighted by Gasteiger charge is 2.39. The maximum absolute atomic E-state index is 13.1. The summed E-state index contributed by atoms with van der Waals surface area (Å²) in [5.41, 5.74) is 0.747. The van der Waals surface area contributed by atoms with Gasteiger partial charge in [0.15, 0.2) is 0 Å².